The quantitative estimate of drug-likeness (QED) is 0.0255. The number of aldehydes is 1. The molecule has 1 atom stereocenters. The van der Waals surface area contributed by atoms with Gasteiger partial charge in [0.05, 0.1) is 33.9 Å². The zero-order valence-corrected chi connectivity index (χ0v) is 61.2. The number of Topliss-reactive ketones (excluding diaryl/α,β-unsaturated/α-hetero) is 9. The average molecular weight is 1540 g/mol. The number of esters is 4. The third-order valence-electron chi connectivity index (χ3n) is 12.2. The second-order valence-corrected chi connectivity index (χ2v) is 23.7. The zero-order chi connectivity index (χ0) is 86.9. The summed E-state index contributed by atoms with van der Waals surface area (Å²) >= 11 is 0. The Morgan fingerprint density at radius 3 is 0.888 bits per heavy atom. The number of carbonyl (C=O) groups is 26. The first-order valence-corrected chi connectivity index (χ1v) is 30.7. The van der Waals surface area contributed by atoms with Crippen LogP contribution in [0.25, 0.3) is 0 Å². The highest BCUT2D eigenvalue weighted by atomic mass is 16.6. The Morgan fingerprint density at radius 2 is 0.738 bits per heavy atom. The van der Waals surface area contributed by atoms with Crippen LogP contribution in [0.1, 0.15) is 180 Å². The predicted octanol–water partition coefficient (Wildman–Crippen LogP) is -14.0. The molecule has 0 heterocycles. The van der Waals surface area contributed by atoms with Gasteiger partial charge in [-0.1, -0.05) is 69.2 Å². The first kappa shape index (κ1) is 114. The Bertz CT molecular complexity index is 3010. The number of carbonyl (C=O) groups excluding carboxylic acids is 26. The second-order valence-electron chi connectivity index (χ2n) is 23.7. The molecule has 0 N–H and O–H groups in total. The molecular weight excluding hydrogens is 1450 g/mol. The molecule has 1 unspecified atom stereocenters. The van der Waals surface area contributed by atoms with Gasteiger partial charge in [-0.2, -0.15) is 0 Å². The van der Waals surface area contributed by atoms with Gasteiger partial charge in [-0.25, -0.2) is 4.79 Å². The molecule has 0 aromatic rings. The number of methoxy groups -OCH3 is 3. The Labute approximate surface area is 610 Å². The van der Waals surface area contributed by atoms with E-state index in [2.05, 4.69) is 18.9 Å². The van der Waals surface area contributed by atoms with E-state index in [0.29, 0.717) is 24.2 Å². The fraction of sp³-hybridized carbons (Fsp3) is 0.600. The van der Waals surface area contributed by atoms with Crippen LogP contribution in [0.5, 0.6) is 0 Å². The van der Waals surface area contributed by atoms with E-state index in [0.717, 1.165) is 47.5 Å². The van der Waals surface area contributed by atoms with Gasteiger partial charge in [0.15, 0.2) is 64.3 Å². The molecule has 0 amide bonds. The highest BCUT2D eigenvalue weighted by Gasteiger charge is 2.51. The highest BCUT2D eigenvalue weighted by molar-refractivity contribution is 6.36. The van der Waals surface area contributed by atoms with Crippen molar-refractivity contribution >= 4 is 154 Å². The van der Waals surface area contributed by atoms with Crippen molar-refractivity contribution < 1.29 is 205 Å². The van der Waals surface area contributed by atoms with E-state index in [1.165, 1.54) is 47.0 Å². The molecule has 42 heteroatoms. The molecule has 4 aliphatic rings. The van der Waals surface area contributed by atoms with Crippen LogP contribution >= 0.6 is 0 Å². The Morgan fingerprint density at radius 1 is 0.421 bits per heavy atom. The van der Waals surface area contributed by atoms with Crippen LogP contribution in [0.4, 0.5) is 0 Å². The Kier molecular flexibility index (Phi) is 65.5. The van der Waals surface area contributed by atoms with E-state index in [-0.39, 0.29) is 56.3 Å². The third-order valence-corrected chi connectivity index (χ3v) is 12.2. The van der Waals surface area contributed by atoms with Gasteiger partial charge in [0.2, 0.25) is 0 Å². The summed E-state index contributed by atoms with van der Waals surface area (Å²) in [6.07, 6.45) is 4.61. The number of hydrogen-bond donors (Lipinski definition) is 0. The van der Waals surface area contributed by atoms with Gasteiger partial charge in [0.1, 0.15) is 72.5 Å². The molecule has 0 aromatic carbocycles. The van der Waals surface area contributed by atoms with Crippen LogP contribution in [0.3, 0.4) is 0 Å². The summed E-state index contributed by atoms with van der Waals surface area (Å²) in [5.74, 6) is -29.8. The van der Waals surface area contributed by atoms with Crippen LogP contribution in [-0.2, 0) is 144 Å². The molecule has 4 bridgehead atoms. The van der Waals surface area contributed by atoms with Gasteiger partial charge in [-0.15, -0.1) is 0 Å². The summed E-state index contributed by atoms with van der Waals surface area (Å²) in [5, 5.41) is 117. The fourth-order valence-corrected chi connectivity index (χ4v) is 7.39. The van der Waals surface area contributed by atoms with E-state index < -0.39 is 177 Å². The van der Waals surface area contributed by atoms with Crippen molar-refractivity contribution in [1.82, 2.24) is 0 Å². The van der Waals surface area contributed by atoms with Gasteiger partial charge in [0, 0.05) is 55.3 Å². The number of carboxylic acid groups (broad SMARTS) is 12. The summed E-state index contributed by atoms with van der Waals surface area (Å²) in [7, 11) is 3.19. The molecule has 4 saturated carbocycles. The van der Waals surface area contributed by atoms with Crippen molar-refractivity contribution in [3.05, 3.63) is 0 Å². The molecule has 0 radical (unpaired) electrons. The summed E-state index contributed by atoms with van der Waals surface area (Å²) in [6.45, 7) is 20.6. The highest BCUT2D eigenvalue weighted by Crippen LogP contribution is 2.59. The number of rotatable bonds is 26. The average Bonchev–Trinajstić information content (AvgIpc) is 0.747. The number of ketones is 9. The largest absolute Gasteiger partial charge is 0.550 e. The maximum absolute atomic E-state index is 11.1. The molecule has 608 valence electrons. The fourth-order valence-electron chi connectivity index (χ4n) is 7.39. The standard InChI is InChI=1S/C11H16O2.C7H10O5.C6H8O5.4C6H10O3.C5H6O5.C4H6O3.C3H4O4.C3H4O3.C2H2O3/c12-10(13)11-4-7-1-8(5-11)3-9(2-7)6-11;1-4(2)12-6(9)3-5(8)7(10)11;1-11-5(8)3-2-4(7)6(9)10;1-6(2,3)4(7)5(8)9;2*1-4(2)3-5(7)6(8)9;1-3-4(2)5(7)6(8)9;1-10-4(7)2-3(6)5(8)9;1-2-3(5)4(6)7;1-7-3(6)2(4)5;1-2(4)3(5)6;3-1-2(4)5/h7-9H,1-6H2,(H,12,13);4H,3H2,1-2H3,(H,10,11);2-3H2,1H3,(H,9,10);1-3H3,(H,8,9);3*4H,3H2,1-2H3,(H,8,9);2H2,1H3,(H,8,9);2H2,1H3,(H,6,7);1H3,(H,4,5);1H3,(H,5,6);1H,(H,4,5)/p-12. The second kappa shape index (κ2) is 61.7. The number of aliphatic carboxylic acids is 12. The van der Waals surface area contributed by atoms with Gasteiger partial charge in [0.25, 0.3) is 0 Å². The minimum Gasteiger partial charge on any atom is -0.550 e. The molecule has 4 aliphatic carbocycles. The smallest absolute Gasteiger partial charge is 0.353 e. The van der Waals surface area contributed by atoms with E-state index in [1.54, 1.807) is 55.4 Å². The monoisotopic (exact) mass is 1540 g/mol. The van der Waals surface area contributed by atoms with Crippen LogP contribution in [0.2, 0.25) is 0 Å². The lowest BCUT2D eigenvalue weighted by molar-refractivity contribution is -0.327. The van der Waals surface area contributed by atoms with Crippen molar-refractivity contribution in [2.24, 2.45) is 46.3 Å². The van der Waals surface area contributed by atoms with Gasteiger partial charge < -0.3 is 138 Å². The maximum atomic E-state index is 11.1. The lowest BCUT2D eigenvalue weighted by atomic mass is 9.49. The first-order valence-electron chi connectivity index (χ1n) is 30.7. The minimum absolute atomic E-state index is 0.0162. The van der Waals surface area contributed by atoms with Crippen molar-refractivity contribution in [3.8, 4) is 0 Å². The topological polar surface area (TPSA) is 757 Å². The molecule has 4 rings (SSSR count). The van der Waals surface area contributed by atoms with Crippen LogP contribution in [-0.4, -0.2) is 181 Å². The Balaban J connectivity index is -0.000000141. The van der Waals surface area contributed by atoms with Crippen LogP contribution in [0, 0.1) is 46.3 Å². The van der Waals surface area contributed by atoms with E-state index in [1.807, 2.05) is 0 Å². The third kappa shape index (κ3) is 68.4. The van der Waals surface area contributed by atoms with Gasteiger partial charge >= 0.3 is 23.9 Å². The van der Waals surface area contributed by atoms with Gasteiger partial charge in [-0.3, -0.25) is 62.3 Å². The zero-order valence-electron chi connectivity index (χ0n) is 61.2. The lowest BCUT2D eigenvalue weighted by Gasteiger charge is -2.57. The van der Waals surface area contributed by atoms with E-state index in [4.69, 9.17) is 14.7 Å². The molecule has 4 fully saturated rings. The maximum Gasteiger partial charge on any atom is 0.353 e. The molecule has 0 aromatic heterocycles. The molecule has 0 spiro atoms. The lowest BCUT2D eigenvalue weighted by Crippen LogP contribution is -2.54. The van der Waals surface area contributed by atoms with Crippen molar-refractivity contribution in [2.45, 2.75) is 186 Å². The number of carboxylic acids is 12. The van der Waals surface area contributed by atoms with Crippen molar-refractivity contribution in [3.63, 3.8) is 0 Å². The van der Waals surface area contributed by atoms with Crippen molar-refractivity contribution in [1.29, 1.82) is 0 Å². The summed E-state index contributed by atoms with van der Waals surface area (Å²) in [5.41, 5.74) is -1.21. The molecule has 107 heavy (non-hydrogen) atoms. The van der Waals surface area contributed by atoms with Crippen LogP contribution in [0.15, 0.2) is 0 Å². The normalized spacial score (nSPS) is 14.5. The molecule has 0 saturated heterocycles. The van der Waals surface area contributed by atoms with Gasteiger partial charge in [-0.05, 0) is 88.4 Å². The number of ether oxygens (including phenoxy) is 4. The van der Waals surface area contributed by atoms with E-state index in [9.17, 15) is 171 Å². The minimum atomic E-state index is -1.87. The van der Waals surface area contributed by atoms with Crippen LogP contribution < -0.4 is 61.3 Å². The summed E-state index contributed by atoms with van der Waals surface area (Å²) in [4.78, 5) is 258. The molecule has 42 nitrogen and oxygen atoms in total. The van der Waals surface area contributed by atoms with E-state index >= 15 is 0 Å². The molecule has 0 aliphatic heterocycles. The SMILES string of the molecule is CC(=O)C(=O)[O-].CC(C)(C)C(=O)C(=O)[O-].CC(C)CC(=O)C(=O)[O-].CC(C)CC(=O)C(=O)[O-].CC(C)OC(=O)CC(=O)C(=O)[O-].CCC(=O)C(=O)[O-].CCC(C)C(=O)C(=O)[O-].COC(=O)C(=O)[O-].COC(=O)CC(=O)C(=O)[O-].COC(=O)CCC(=O)C(=O)[O-].O=C([O-])C12CC3CC(CC(C3)C1)C2.O=CC(=O)[O-]. The summed E-state index contributed by atoms with van der Waals surface area (Å²) in [6, 6.07) is 0. The first-order chi connectivity index (χ1) is 48.6. The predicted molar refractivity (Wildman–Crippen MR) is 321 cm³/mol. The number of hydrogen-bond acceptors (Lipinski definition) is 42. The molecular formula is C65H84O42-12. The Hall–Kier alpha value is -11.8. The van der Waals surface area contributed by atoms with Crippen molar-refractivity contribution in [2.75, 3.05) is 21.3 Å². The summed E-state index contributed by atoms with van der Waals surface area (Å²) < 4.78 is 16.4.